The summed E-state index contributed by atoms with van der Waals surface area (Å²) in [5, 5.41) is 84.7. The number of aliphatic hydroxyl groups is 8. The maximum absolute atomic E-state index is 14.8. The van der Waals surface area contributed by atoms with E-state index in [2.05, 4.69) is 41.5 Å². The fourth-order valence-electron chi connectivity index (χ4n) is 14.8. The lowest BCUT2D eigenvalue weighted by atomic mass is 9.31. The molecule has 0 aromatic rings. The summed E-state index contributed by atoms with van der Waals surface area (Å²) in [6.45, 7) is 16.6. The van der Waals surface area contributed by atoms with E-state index in [0.717, 1.165) is 32.1 Å². The normalized spacial score (nSPS) is 56.0. The molecule has 0 amide bonds. The number of hydrogen-bond donors (Lipinski definition) is 8. The highest BCUT2D eigenvalue weighted by Gasteiger charge is 2.74. The molecule has 2 saturated heterocycles. The predicted molar refractivity (Wildman–Crippen MR) is 193 cm³/mol. The van der Waals surface area contributed by atoms with Gasteiger partial charge in [0, 0.05) is 17.8 Å². The van der Waals surface area contributed by atoms with Gasteiger partial charge in [-0.3, -0.25) is 4.79 Å². The fourth-order valence-corrected chi connectivity index (χ4v) is 14.8. The van der Waals surface area contributed by atoms with Crippen LogP contribution in [0.25, 0.3) is 0 Å². The van der Waals surface area contributed by atoms with E-state index in [9.17, 15) is 45.6 Å². The zero-order chi connectivity index (χ0) is 39.7. The smallest absolute Gasteiger partial charge is 0.187 e. The molecule has 0 aromatic carbocycles. The van der Waals surface area contributed by atoms with E-state index in [-0.39, 0.29) is 63.6 Å². The van der Waals surface area contributed by atoms with Crippen LogP contribution in [0.15, 0.2) is 0 Å². The first-order chi connectivity index (χ1) is 25.0. The van der Waals surface area contributed by atoms with E-state index in [1.807, 2.05) is 13.8 Å². The van der Waals surface area contributed by atoms with Crippen molar-refractivity contribution in [3.63, 3.8) is 0 Å². The average molecular weight is 769 g/mol. The van der Waals surface area contributed by atoms with Gasteiger partial charge >= 0.3 is 0 Å². The van der Waals surface area contributed by atoms with Crippen molar-refractivity contribution in [2.24, 2.45) is 56.7 Å². The molecule has 13 nitrogen and oxygen atoms in total. The molecule has 0 spiro atoms. The van der Waals surface area contributed by atoms with Crippen molar-refractivity contribution < 1.29 is 64.6 Å². The predicted octanol–water partition coefficient (Wildman–Crippen LogP) is 1.66. The molecule has 7 aliphatic rings. The molecule has 54 heavy (non-hydrogen) atoms. The van der Waals surface area contributed by atoms with Crippen LogP contribution in [-0.2, 0) is 23.7 Å². The first-order valence-corrected chi connectivity index (χ1v) is 20.5. The number of carbonyl (C=O) groups excluding carboxylic acids is 1. The number of ether oxygens (including phenoxy) is 4. The molecular weight excluding hydrogens is 700 g/mol. The molecule has 20 unspecified atom stereocenters. The monoisotopic (exact) mass is 768 g/mol. The second-order valence-corrected chi connectivity index (χ2v) is 20.7. The maximum Gasteiger partial charge on any atom is 0.187 e. The summed E-state index contributed by atoms with van der Waals surface area (Å²) >= 11 is 0. The summed E-state index contributed by atoms with van der Waals surface area (Å²) in [6, 6.07) is 0. The van der Waals surface area contributed by atoms with E-state index in [1.54, 1.807) is 0 Å². The van der Waals surface area contributed by atoms with Gasteiger partial charge in [-0.2, -0.15) is 0 Å². The van der Waals surface area contributed by atoms with Crippen molar-refractivity contribution in [3.05, 3.63) is 0 Å². The van der Waals surface area contributed by atoms with E-state index < -0.39 is 85.1 Å². The number of carbonyl (C=O) groups is 1. The molecule has 5 aliphatic carbocycles. The van der Waals surface area contributed by atoms with Crippen LogP contribution < -0.4 is 0 Å². The molecule has 0 radical (unpaired) electrons. The van der Waals surface area contributed by atoms with E-state index in [0.29, 0.717) is 19.3 Å². The largest absolute Gasteiger partial charge is 0.394 e. The Kier molecular flexibility index (Phi) is 10.4. The van der Waals surface area contributed by atoms with Gasteiger partial charge < -0.3 is 59.8 Å². The third-order valence-corrected chi connectivity index (χ3v) is 17.4. The zero-order valence-corrected chi connectivity index (χ0v) is 33.4. The quantitative estimate of drug-likeness (QED) is 0.181. The lowest BCUT2D eigenvalue weighted by Crippen LogP contribution is -2.71. The molecule has 13 heteroatoms. The molecule has 2 aliphatic heterocycles. The molecule has 310 valence electrons. The Morgan fingerprint density at radius 3 is 2.00 bits per heavy atom. The van der Waals surface area contributed by atoms with Gasteiger partial charge in [0.05, 0.1) is 31.0 Å². The minimum absolute atomic E-state index is 0.109. The summed E-state index contributed by atoms with van der Waals surface area (Å²) in [6.07, 6.45) is -7.12. The van der Waals surface area contributed by atoms with Gasteiger partial charge in [0.2, 0.25) is 0 Å². The van der Waals surface area contributed by atoms with Crippen molar-refractivity contribution in [2.75, 3.05) is 13.2 Å². The standard InChI is InChI=1S/C41H68O13/c1-36(2)26(53-34-31(49)28(46)22(45)18-51-34)12-14-39(6)25-10-9-24-38(5)13-11-19(37(3,4)54-35-32(50)30(48)29(47)23(17-42)52-35)27(38)20(43)15-40(24,7)41(25,8)16-21(44)33(36)39/h19-20,22-35,42-43,45-50H,9-18H2,1-8H3. The van der Waals surface area contributed by atoms with Gasteiger partial charge in [-0.1, -0.05) is 41.5 Å². The molecule has 5 saturated carbocycles. The van der Waals surface area contributed by atoms with Crippen LogP contribution in [0, 0.1) is 56.7 Å². The van der Waals surface area contributed by atoms with Crippen LogP contribution in [0.1, 0.15) is 107 Å². The van der Waals surface area contributed by atoms with Crippen LogP contribution in [-0.4, -0.2) is 133 Å². The summed E-state index contributed by atoms with van der Waals surface area (Å²) in [4.78, 5) is 14.8. The lowest BCUT2D eigenvalue weighted by molar-refractivity contribution is -0.332. The fraction of sp³-hybridized carbons (Fsp3) is 0.976. The molecule has 2 heterocycles. The van der Waals surface area contributed by atoms with Gasteiger partial charge in [0.25, 0.3) is 0 Å². The second-order valence-electron chi connectivity index (χ2n) is 20.7. The lowest BCUT2D eigenvalue weighted by Gasteiger charge is -2.73. The SMILES string of the molecule is CC(C)(OC1OC(CO)C(O)C(O)C1O)C1CCC2(C)C1C(O)CC1(C)C2CCC2C3(C)CCC(OC4OCC(O)C(O)C4O)C(C)(C)C3C(=O)CC21C. The van der Waals surface area contributed by atoms with E-state index >= 15 is 0 Å². The van der Waals surface area contributed by atoms with Crippen LogP contribution in [0.4, 0.5) is 0 Å². The molecular formula is C41H68O13. The van der Waals surface area contributed by atoms with Crippen LogP contribution in [0.3, 0.4) is 0 Å². The number of ketones is 1. The summed E-state index contributed by atoms with van der Waals surface area (Å²) in [7, 11) is 0. The first-order valence-electron chi connectivity index (χ1n) is 20.5. The van der Waals surface area contributed by atoms with Gasteiger partial charge in [-0.05, 0) is 104 Å². The minimum Gasteiger partial charge on any atom is -0.394 e. The van der Waals surface area contributed by atoms with E-state index in [4.69, 9.17) is 18.9 Å². The summed E-state index contributed by atoms with van der Waals surface area (Å²) in [5.74, 6) is 0.130. The second kappa shape index (κ2) is 13.6. The first kappa shape index (κ1) is 41.4. The Morgan fingerprint density at radius 1 is 0.741 bits per heavy atom. The zero-order valence-electron chi connectivity index (χ0n) is 33.4. The van der Waals surface area contributed by atoms with Crippen molar-refractivity contribution in [1.29, 1.82) is 0 Å². The highest BCUT2D eigenvalue weighted by molar-refractivity contribution is 5.85. The van der Waals surface area contributed by atoms with Gasteiger partial charge in [-0.25, -0.2) is 0 Å². The average Bonchev–Trinajstić information content (AvgIpc) is 3.46. The molecule has 7 rings (SSSR count). The Bertz CT molecular complexity index is 1420. The van der Waals surface area contributed by atoms with Crippen molar-refractivity contribution in [3.8, 4) is 0 Å². The van der Waals surface area contributed by atoms with Crippen molar-refractivity contribution in [1.82, 2.24) is 0 Å². The van der Waals surface area contributed by atoms with Gasteiger partial charge in [0.15, 0.2) is 12.6 Å². The highest BCUT2D eigenvalue weighted by Crippen LogP contribution is 2.78. The number of aliphatic hydroxyl groups excluding tert-OH is 8. The Hall–Kier alpha value is -0.810. The van der Waals surface area contributed by atoms with Crippen LogP contribution >= 0.6 is 0 Å². The van der Waals surface area contributed by atoms with Crippen molar-refractivity contribution in [2.45, 2.75) is 180 Å². The van der Waals surface area contributed by atoms with Crippen LogP contribution in [0.2, 0.25) is 0 Å². The van der Waals surface area contributed by atoms with Crippen molar-refractivity contribution >= 4 is 5.78 Å². The van der Waals surface area contributed by atoms with Gasteiger partial charge in [-0.15, -0.1) is 0 Å². The Labute approximate surface area is 319 Å². The maximum atomic E-state index is 14.8. The topological polar surface area (TPSA) is 216 Å². The number of fused-ring (bicyclic) bond motifs is 7. The molecule has 20 atom stereocenters. The minimum atomic E-state index is -1.54. The number of Topliss-reactive ketones (excluding diaryl/α,β-unsaturated/α-hetero) is 1. The molecule has 8 N–H and O–H groups in total. The summed E-state index contributed by atoms with van der Waals surface area (Å²) in [5.41, 5.74) is -2.79. The molecule has 0 bridgehead atoms. The summed E-state index contributed by atoms with van der Waals surface area (Å²) < 4.78 is 24.2. The van der Waals surface area contributed by atoms with Gasteiger partial charge in [0.1, 0.15) is 48.5 Å². The number of hydrogen-bond acceptors (Lipinski definition) is 13. The Balaban J connectivity index is 1.13. The number of rotatable bonds is 6. The molecule has 7 fully saturated rings. The third-order valence-electron chi connectivity index (χ3n) is 17.4. The highest BCUT2D eigenvalue weighted by atomic mass is 16.7. The Morgan fingerprint density at radius 2 is 1.35 bits per heavy atom. The van der Waals surface area contributed by atoms with E-state index in [1.165, 1.54) is 0 Å². The third kappa shape index (κ3) is 5.79. The molecule has 0 aromatic heterocycles. The van der Waals surface area contributed by atoms with Crippen LogP contribution in [0.5, 0.6) is 0 Å².